The van der Waals surface area contributed by atoms with Crippen molar-refractivity contribution in [3.05, 3.63) is 110 Å². The number of aromatic amines is 1. The molecule has 2 aromatic carbocycles. The summed E-state index contributed by atoms with van der Waals surface area (Å²) in [4.78, 5) is 38.8. The van der Waals surface area contributed by atoms with E-state index in [1.54, 1.807) is 18.3 Å². The lowest BCUT2D eigenvalue weighted by molar-refractivity contribution is 0.0776. The molecule has 0 saturated carbocycles. The van der Waals surface area contributed by atoms with Crippen molar-refractivity contribution in [2.45, 2.75) is 50.6 Å². The fourth-order valence-corrected chi connectivity index (χ4v) is 9.01. The number of aryl methyl sites for hydroxylation is 2. The Hall–Kier alpha value is -5.50. The third kappa shape index (κ3) is 5.10. The zero-order valence-corrected chi connectivity index (χ0v) is 28.0. The van der Waals surface area contributed by atoms with E-state index in [-0.39, 0.29) is 35.4 Å². The molecule has 9 rings (SSSR count). The van der Waals surface area contributed by atoms with Crippen molar-refractivity contribution < 1.29 is 27.1 Å². The van der Waals surface area contributed by atoms with Gasteiger partial charge in [-0.2, -0.15) is 4.39 Å². The van der Waals surface area contributed by atoms with Crippen LogP contribution in [-0.4, -0.2) is 44.6 Å². The summed E-state index contributed by atoms with van der Waals surface area (Å²) >= 11 is 1.41. The van der Waals surface area contributed by atoms with Crippen LogP contribution in [0, 0.1) is 17.5 Å². The molecule has 51 heavy (non-hydrogen) atoms. The van der Waals surface area contributed by atoms with Gasteiger partial charge in [-0.15, -0.1) is 16.4 Å². The van der Waals surface area contributed by atoms with E-state index >= 15 is 0 Å². The van der Waals surface area contributed by atoms with Crippen molar-refractivity contribution in [2.24, 2.45) is 0 Å². The molecule has 2 N–H and O–H groups in total. The normalized spacial score (nSPS) is 17.6. The predicted octanol–water partition coefficient (Wildman–Crippen LogP) is 7.30. The molecule has 6 aromatic rings. The van der Waals surface area contributed by atoms with Gasteiger partial charge in [0.2, 0.25) is 5.82 Å². The summed E-state index contributed by atoms with van der Waals surface area (Å²) in [5.41, 5.74) is 4.88. The van der Waals surface area contributed by atoms with Crippen LogP contribution in [0.4, 0.5) is 19.0 Å². The maximum Gasteiger partial charge on any atom is 0.434 e. The first-order valence-electron chi connectivity index (χ1n) is 16.7. The van der Waals surface area contributed by atoms with Gasteiger partial charge in [-0.05, 0) is 85.4 Å². The van der Waals surface area contributed by atoms with Crippen LogP contribution >= 0.6 is 11.3 Å². The van der Waals surface area contributed by atoms with Gasteiger partial charge in [0.05, 0.1) is 46.4 Å². The molecule has 0 radical (unpaired) electrons. The minimum absolute atomic E-state index is 0.0129. The molecule has 6 heterocycles. The Morgan fingerprint density at radius 3 is 2.69 bits per heavy atom. The molecular weight excluding hydrogens is 682 g/mol. The number of nitrogens with one attached hydrogen (secondary N) is 2. The SMILES string of the molecule is COc1c(F)c(F)cc2c1CC[C@@H]2Nc1nccc2cc(-c3c4c(nc(CCc5ccc(F)cc5)c3-c3n[nH]c(=O)o3)[C@@H]3CCCN3C4=O)sc12. The van der Waals surface area contributed by atoms with Gasteiger partial charge in [-0.25, -0.2) is 23.7 Å². The summed E-state index contributed by atoms with van der Waals surface area (Å²) in [6.07, 6.45) is 5.31. The highest BCUT2D eigenvalue weighted by Gasteiger charge is 2.45. The van der Waals surface area contributed by atoms with E-state index in [4.69, 9.17) is 14.1 Å². The van der Waals surface area contributed by atoms with Gasteiger partial charge in [0.1, 0.15) is 11.6 Å². The topological polar surface area (TPSA) is 126 Å². The van der Waals surface area contributed by atoms with E-state index in [1.165, 1.54) is 36.6 Å². The molecular formula is C37H29F3N6O4S. The van der Waals surface area contributed by atoms with Crippen molar-refractivity contribution in [1.29, 1.82) is 0 Å². The van der Waals surface area contributed by atoms with Crippen molar-refractivity contribution in [3.63, 3.8) is 0 Å². The lowest BCUT2D eigenvalue weighted by atomic mass is 9.93. The van der Waals surface area contributed by atoms with Crippen molar-refractivity contribution >= 4 is 33.1 Å². The molecule has 2 atom stereocenters. The van der Waals surface area contributed by atoms with Gasteiger partial charge in [0, 0.05) is 28.7 Å². The van der Waals surface area contributed by atoms with Gasteiger partial charge in [-0.1, -0.05) is 12.1 Å². The Kier molecular flexibility index (Phi) is 7.45. The molecule has 1 amide bonds. The lowest BCUT2D eigenvalue weighted by Gasteiger charge is -2.17. The Bertz CT molecular complexity index is 2440. The number of pyridine rings is 2. The minimum Gasteiger partial charge on any atom is -0.493 e. The number of nitrogens with zero attached hydrogens (tertiary/aromatic N) is 4. The van der Waals surface area contributed by atoms with Crippen LogP contribution in [0.1, 0.15) is 69.8 Å². The maximum absolute atomic E-state index is 14.6. The summed E-state index contributed by atoms with van der Waals surface area (Å²) < 4.78 is 54.4. The fraction of sp³-hybridized carbons (Fsp3) is 0.270. The highest BCUT2D eigenvalue weighted by molar-refractivity contribution is 7.23. The summed E-state index contributed by atoms with van der Waals surface area (Å²) in [7, 11) is 1.33. The zero-order valence-electron chi connectivity index (χ0n) is 27.2. The van der Waals surface area contributed by atoms with Crippen molar-refractivity contribution in [3.8, 4) is 27.6 Å². The largest absolute Gasteiger partial charge is 0.493 e. The first-order chi connectivity index (χ1) is 24.8. The molecule has 0 unspecified atom stereocenters. The van der Waals surface area contributed by atoms with Crippen molar-refractivity contribution in [1.82, 2.24) is 25.1 Å². The Balaban J connectivity index is 1.20. The number of halogens is 3. The molecule has 4 aromatic heterocycles. The molecule has 0 spiro atoms. The summed E-state index contributed by atoms with van der Waals surface area (Å²) in [5.74, 6) is -2.71. The van der Waals surface area contributed by atoms with Gasteiger partial charge in [0.15, 0.2) is 11.6 Å². The van der Waals surface area contributed by atoms with Crippen LogP contribution in [0.5, 0.6) is 5.75 Å². The second-order valence-electron chi connectivity index (χ2n) is 13.0. The summed E-state index contributed by atoms with van der Waals surface area (Å²) in [6.45, 7) is 0.611. The molecule has 0 bridgehead atoms. The molecule has 258 valence electrons. The average molecular weight is 711 g/mol. The number of amides is 1. The van der Waals surface area contributed by atoms with E-state index in [2.05, 4.69) is 20.5 Å². The molecule has 3 aliphatic rings. The van der Waals surface area contributed by atoms with Crippen molar-refractivity contribution in [2.75, 3.05) is 19.0 Å². The highest BCUT2D eigenvalue weighted by atomic mass is 32.1. The van der Waals surface area contributed by atoms with Gasteiger partial charge >= 0.3 is 5.76 Å². The number of hydrogen-bond acceptors (Lipinski definition) is 9. The van der Waals surface area contributed by atoms with E-state index in [0.29, 0.717) is 77.3 Å². The number of benzene rings is 2. The number of fused-ring (bicyclic) bond motifs is 5. The van der Waals surface area contributed by atoms with Crippen LogP contribution < -0.4 is 15.8 Å². The number of hydrogen-bond donors (Lipinski definition) is 2. The second kappa shape index (κ2) is 12.1. The zero-order chi connectivity index (χ0) is 35.0. The van der Waals surface area contributed by atoms with Gasteiger partial charge in [-0.3, -0.25) is 9.78 Å². The number of ether oxygens (including phenoxy) is 1. The number of carbonyl (C=O) groups excluding carboxylic acids is 1. The highest BCUT2D eigenvalue weighted by Crippen LogP contribution is 2.50. The van der Waals surface area contributed by atoms with Crippen LogP contribution in [0.2, 0.25) is 0 Å². The fourth-order valence-electron chi connectivity index (χ4n) is 7.85. The standard InChI is InChI=1S/C37H29F3N6O4S/c1-49-32-20-9-11-23(21(20)16-22(39)30(32)40)43-34-33-18(12-13-41-34)15-26(51-33)28-27(35-44-45-37(48)50-35)24(10-6-17-4-7-19(38)8-5-17)42-31-25-3-2-14-46(25)36(47)29(28)31/h4-5,7-8,12-13,15-16,23,25H,2-3,6,9-11,14H2,1H3,(H,41,43)(H,45,48)/t23-,25-/m0/s1. The Morgan fingerprint density at radius 1 is 1.06 bits per heavy atom. The number of anilines is 1. The number of H-pyrrole nitrogens is 1. The first kappa shape index (κ1) is 31.5. The monoisotopic (exact) mass is 710 g/mol. The number of carbonyl (C=O) groups is 1. The first-order valence-corrected chi connectivity index (χ1v) is 17.5. The number of aromatic nitrogens is 4. The second-order valence-corrected chi connectivity index (χ2v) is 14.0. The van der Waals surface area contributed by atoms with Crippen LogP contribution in [0.3, 0.4) is 0 Å². The summed E-state index contributed by atoms with van der Waals surface area (Å²) in [5, 5.41) is 10.9. The molecule has 2 aliphatic heterocycles. The van der Waals surface area contributed by atoms with Crippen LogP contribution in [0.15, 0.2) is 57.9 Å². The molecule has 1 fully saturated rings. The third-order valence-corrected chi connectivity index (χ3v) is 11.3. The van der Waals surface area contributed by atoms with E-state index in [9.17, 15) is 22.8 Å². The Morgan fingerprint density at radius 2 is 1.90 bits per heavy atom. The third-order valence-electron chi connectivity index (χ3n) is 10.1. The molecule has 1 aliphatic carbocycles. The molecule has 14 heteroatoms. The van der Waals surface area contributed by atoms with E-state index in [0.717, 1.165) is 33.4 Å². The Labute approximate surface area is 292 Å². The lowest BCUT2D eigenvalue weighted by Crippen LogP contribution is -2.22. The molecule has 1 saturated heterocycles. The summed E-state index contributed by atoms with van der Waals surface area (Å²) in [6, 6.07) is 10.8. The number of thiophene rings is 1. The minimum atomic E-state index is -1.000. The predicted molar refractivity (Wildman–Crippen MR) is 183 cm³/mol. The van der Waals surface area contributed by atoms with E-state index < -0.39 is 17.4 Å². The quantitative estimate of drug-likeness (QED) is 0.169. The van der Waals surface area contributed by atoms with Crippen LogP contribution in [-0.2, 0) is 19.3 Å². The number of methoxy groups -OCH3 is 1. The van der Waals surface area contributed by atoms with Crippen LogP contribution in [0.25, 0.3) is 32.0 Å². The van der Waals surface area contributed by atoms with Gasteiger partial charge in [0.25, 0.3) is 11.8 Å². The van der Waals surface area contributed by atoms with E-state index in [1.807, 2.05) is 17.0 Å². The maximum atomic E-state index is 14.6. The molecule has 10 nitrogen and oxygen atoms in total. The smallest absolute Gasteiger partial charge is 0.434 e. The van der Waals surface area contributed by atoms with Gasteiger partial charge < -0.3 is 19.4 Å². The average Bonchev–Trinajstić information content (AvgIpc) is 3.97. The number of rotatable bonds is 8.